The molecule has 0 fully saturated rings. The summed E-state index contributed by atoms with van der Waals surface area (Å²) >= 11 is 1.47. The third-order valence-electron chi connectivity index (χ3n) is 7.06. The molecule has 0 spiro atoms. The Labute approximate surface area is 216 Å². The van der Waals surface area contributed by atoms with Crippen LogP contribution >= 0.6 is 11.3 Å². The largest absolute Gasteiger partial charge is 0.454 e. The lowest BCUT2D eigenvalue weighted by Crippen LogP contribution is -2.40. The van der Waals surface area contributed by atoms with Crippen LogP contribution in [0.4, 0.5) is 5.69 Å². The number of hydrogen-bond acceptors (Lipinski definition) is 5. The molecule has 2 aliphatic heterocycles. The van der Waals surface area contributed by atoms with Gasteiger partial charge in [0.1, 0.15) is 0 Å². The molecule has 2 N–H and O–H groups in total. The van der Waals surface area contributed by atoms with E-state index in [1.807, 2.05) is 53.4 Å². The second-order valence-corrected chi connectivity index (χ2v) is 10.5. The van der Waals surface area contributed by atoms with Gasteiger partial charge >= 0.3 is 0 Å². The van der Waals surface area contributed by atoms with E-state index in [0.29, 0.717) is 22.9 Å². The summed E-state index contributed by atoms with van der Waals surface area (Å²) in [5, 5.41) is 4.95. The van der Waals surface area contributed by atoms with Crippen molar-refractivity contribution in [2.24, 2.45) is 0 Å². The molecule has 7 nitrogen and oxygen atoms in total. The first-order valence-electron chi connectivity index (χ1n) is 12.2. The average molecular weight is 510 g/mol. The van der Waals surface area contributed by atoms with Crippen LogP contribution in [0.25, 0.3) is 21.0 Å². The number of hydrogen-bond donors (Lipinski definition) is 2. The lowest BCUT2D eigenvalue weighted by molar-refractivity contribution is -0.114. The van der Waals surface area contributed by atoms with Gasteiger partial charge in [-0.3, -0.25) is 9.59 Å². The molecule has 37 heavy (non-hydrogen) atoms. The maximum absolute atomic E-state index is 14.1. The van der Waals surface area contributed by atoms with Gasteiger partial charge in [-0.2, -0.15) is 0 Å². The Morgan fingerprint density at radius 2 is 1.89 bits per heavy atom. The number of H-pyrrole nitrogens is 1. The predicted octanol–water partition coefficient (Wildman–Crippen LogP) is 5.86. The maximum atomic E-state index is 14.1. The fourth-order valence-electron chi connectivity index (χ4n) is 5.46. The monoisotopic (exact) mass is 509 g/mol. The smallest absolute Gasteiger partial charge is 0.264 e. The molecule has 2 amide bonds. The summed E-state index contributed by atoms with van der Waals surface area (Å²) in [6, 6.07) is 21.6. The zero-order valence-electron chi connectivity index (χ0n) is 20.0. The first kappa shape index (κ1) is 21.9. The molecule has 3 aromatic carbocycles. The Morgan fingerprint density at radius 3 is 2.78 bits per heavy atom. The third-order valence-corrected chi connectivity index (χ3v) is 8.16. The Hall–Kier alpha value is -4.30. The number of carbonyl (C=O) groups excluding carboxylic acids is 2. The minimum absolute atomic E-state index is 0.0192. The minimum Gasteiger partial charge on any atom is -0.454 e. The average Bonchev–Trinajstić information content (AvgIpc) is 3.63. The van der Waals surface area contributed by atoms with Gasteiger partial charge in [0.25, 0.3) is 5.91 Å². The summed E-state index contributed by atoms with van der Waals surface area (Å²) in [6.07, 6.45) is 0.768. The molecule has 2 aromatic heterocycles. The molecule has 0 radical (unpaired) electrons. The summed E-state index contributed by atoms with van der Waals surface area (Å²) in [4.78, 5) is 31.8. The van der Waals surface area contributed by atoms with E-state index < -0.39 is 0 Å². The topological polar surface area (TPSA) is 83.7 Å². The predicted molar refractivity (Wildman–Crippen MR) is 144 cm³/mol. The Morgan fingerprint density at radius 1 is 1.03 bits per heavy atom. The van der Waals surface area contributed by atoms with Crippen LogP contribution in [-0.2, 0) is 11.2 Å². The number of thiophene rings is 1. The molecule has 4 heterocycles. The summed E-state index contributed by atoms with van der Waals surface area (Å²) in [7, 11) is 0. The summed E-state index contributed by atoms with van der Waals surface area (Å²) < 4.78 is 12.2. The fourth-order valence-corrected chi connectivity index (χ4v) is 6.46. The maximum Gasteiger partial charge on any atom is 0.264 e. The Balaban J connectivity index is 1.32. The number of rotatable bonds is 3. The van der Waals surface area contributed by atoms with Crippen molar-refractivity contribution in [1.82, 2.24) is 9.88 Å². The zero-order valence-corrected chi connectivity index (χ0v) is 20.9. The molecule has 2 aliphatic rings. The zero-order chi connectivity index (χ0) is 25.1. The van der Waals surface area contributed by atoms with Crippen LogP contribution < -0.4 is 14.8 Å². The van der Waals surface area contributed by atoms with Crippen molar-refractivity contribution < 1.29 is 19.1 Å². The summed E-state index contributed by atoms with van der Waals surface area (Å²) in [5.41, 5.74) is 5.04. The van der Waals surface area contributed by atoms with Crippen molar-refractivity contribution in [2.45, 2.75) is 19.4 Å². The van der Waals surface area contributed by atoms with Crippen LogP contribution in [0.15, 0.2) is 66.7 Å². The molecule has 1 unspecified atom stereocenters. The van der Waals surface area contributed by atoms with Gasteiger partial charge in [-0.05, 0) is 65.4 Å². The molecule has 7 rings (SSSR count). The van der Waals surface area contributed by atoms with Crippen LogP contribution in [0, 0.1) is 0 Å². The van der Waals surface area contributed by atoms with Gasteiger partial charge in [0.15, 0.2) is 11.5 Å². The number of carbonyl (C=O) groups is 2. The van der Waals surface area contributed by atoms with Crippen LogP contribution in [-0.4, -0.2) is 35.0 Å². The highest BCUT2D eigenvalue weighted by molar-refractivity contribution is 7.20. The van der Waals surface area contributed by atoms with Crippen LogP contribution in [0.2, 0.25) is 0 Å². The van der Waals surface area contributed by atoms with E-state index in [1.165, 1.54) is 29.2 Å². The highest BCUT2D eigenvalue weighted by Gasteiger charge is 2.36. The molecular weight excluding hydrogens is 486 g/mol. The van der Waals surface area contributed by atoms with Crippen molar-refractivity contribution in [3.05, 3.63) is 88.4 Å². The molecule has 0 saturated heterocycles. The van der Waals surface area contributed by atoms with Gasteiger partial charge < -0.3 is 24.7 Å². The molecular formula is C29H23N3O4S. The van der Waals surface area contributed by atoms with Gasteiger partial charge in [-0.15, -0.1) is 11.3 Å². The number of ether oxygens (including phenoxy) is 2. The van der Waals surface area contributed by atoms with E-state index >= 15 is 0 Å². The summed E-state index contributed by atoms with van der Waals surface area (Å²) in [5.74, 6) is 1.27. The second kappa shape index (κ2) is 8.38. The Bertz CT molecular complexity index is 1720. The van der Waals surface area contributed by atoms with E-state index in [9.17, 15) is 9.59 Å². The van der Waals surface area contributed by atoms with E-state index in [1.54, 1.807) is 0 Å². The van der Waals surface area contributed by atoms with E-state index in [0.717, 1.165) is 39.0 Å². The lowest BCUT2D eigenvalue weighted by Gasteiger charge is -2.36. The van der Waals surface area contributed by atoms with Crippen molar-refractivity contribution in [3.8, 4) is 11.5 Å². The van der Waals surface area contributed by atoms with Crippen molar-refractivity contribution in [1.29, 1.82) is 0 Å². The number of amides is 2. The van der Waals surface area contributed by atoms with Gasteiger partial charge in [-0.25, -0.2) is 0 Å². The first-order valence-corrected chi connectivity index (χ1v) is 13.0. The van der Waals surface area contributed by atoms with E-state index in [-0.39, 0.29) is 24.6 Å². The number of anilines is 1. The van der Waals surface area contributed by atoms with Gasteiger partial charge in [-0.1, -0.05) is 24.3 Å². The standard InChI is InChI=1S/C29H23N3O4S/c1-16(33)30-19-7-9-25-18(12-19)14-26(37-25)29(34)32-11-10-21-20-4-2-3-5-22(20)31-27(21)28(32)17-6-8-23-24(13-17)36-15-35-23/h2-9,12-14,28,31H,10-11,15H2,1H3,(H,30,33). The van der Waals surface area contributed by atoms with Crippen molar-refractivity contribution in [3.63, 3.8) is 0 Å². The molecule has 5 aromatic rings. The van der Waals surface area contributed by atoms with Gasteiger partial charge in [0, 0.05) is 40.5 Å². The van der Waals surface area contributed by atoms with Gasteiger partial charge in [0.05, 0.1) is 10.9 Å². The number of nitrogens with zero attached hydrogens (tertiary/aromatic N) is 1. The number of para-hydroxylation sites is 1. The quantitative estimate of drug-likeness (QED) is 0.319. The molecule has 0 bridgehead atoms. The SMILES string of the molecule is CC(=O)Nc1ccc2sc(C(=O)N3CCc4c([nH]c5ccccc45)C3c3ccc4c(c3)OCO4)cc2c1. The van der Waals surface area contributed by atoms with Gasteiger partial charge in [0.2, 0.25) is 12.7 Å². The normalized spacial score (nSPS) is 16.2. The highest BCUT2D eigenvalue weighted by Crippen LogP contribution is 2.43. The fraction of sp³-hybridized carbons (Fsp3) is 0.172. The number of nitrogens with one attached hydrogen (secondary N) is 2. The lowest BCUT2D eigenvalue weighted by atomic mass is 9.92. The van der Waals surface area contributed by atoms with E-state index in [2.05, 4.69) is 28.5 Å². The molecule has 184 valence electrons. The third kappa shape index (κ3) is 3.64. The number of fused-ring (bicyclic) bond motifs is 5. The van der Waals surface area contributed by atoms with Crippen molar-refractivity contribution in [2.75, 3.05) is 18.7 Å². The molecule has 1 atom stereocenters. The van der Waals surface area contributed by atoms with Crippen LogP contribution in [0.1, 0.15) is 39.5 Å². The number of aromatic amines is 1. The minimum atomic E-state index is -0.293. The van der Waals surface area contributed by atoms with Crippen molar-refractivity contribution >= 4 is 49.8 Å². The first-order chi connectivity index (χ1) is 18.0. The summed E-state index contributed by atoms with van der Waals surface area (Å²) in [6.45, 7) is 2.28. The molecule has 0 aliphatic carbocycles. The highest BCUT2D eigenvalue weighted by atomic mass is 32.1. The second-order valence-electron chi connectivity index (χ2n) is 9.37. The van der Waals surface area contributed by atoms with Crippen LogP contribution in [0.5, 0.6) is 11.5 Å². The van der Waals surface area contributed by atoms with Crippen LogP contribution in [0.3, 0.4) is 0 Å². The Kier molecular flexibility index (Phi) is 4.97. The molecule has 0 saturated carbocycles. The molecule has 8 heteroatoms. The number of benzene rings is 3. The van der Waals surface area contributed by atoms with E-state index in [4.69, 9.17) is 9.47 Å². The number of aromatic nitrogens is 1.